The van der Waals surface area contributed by atoms with Gasteiger partial charge >= 0.3 is 12.2 Å². The Morgan fingerprint density at radius 3 is 2.39 bits per heavy atom. The highest BCUT2D eigenvalue weighted by Gasteiger charge is 2.34. The van der Waals surface area contributed by atoms with Gasteiger partial charge in [0.2, 0.25) is 0 Å². The number of aromatic nitrogens is 2. The number of ether oxygens (including phenoxy) is 2. The van der Waals surface area contributed by atoms with Crippen LogP contribution in [0.25, 0.3) is 16.7 Å². The number of nitrogens with zero attached hydrogens (tertiary/aromatic N) is 5. The van der Waals surface area contributed by atoms with Crippen LogP contribution in [0.2, 0.25) is 0 Å². The van der Waals surface area contributed by atoms with Gasteiger partial charge in [-0.1, -0.05) is 36.4 Å². The summed E-state index contributed by atoms with van der Waals surface area (Å²) in [6.45, 7) is 8.02. The minimum Gasteiger partial charge on any atom is -0.445 e. The van der Waals surface area contributed by atoms with Gasteiger partial charge in [-0.25, -0.2) is 18.4 Å². The minimum atomic E-state index is -2.68. The lowest BCUT2D eigenvalue weighted by Gasteiger charge is -2.34. The van der Waals surface area contributed by atoms with Crippen LogP contribution < -0.4 is 4.90 Å². The smallest absolute Gasteiger partial charge is 0.410 e. The van der Waals surface area contributed by atoms with E-state index in [0.29, 0.717) is 50.3 Å². The zero-order valence-corrected chi connectivity index (χ0v) is 29.5. The molecule has 1 aromatic heterocycles. The maximum Gasteiger partial charge on any atom is 0.410 e. The summed E-state index contributed by atoms with van der Waals surface area (Å²) in [6.07, 6.45) is 4.23. The van der Waals surface area contributed by atoms with Crippen molar-refractivity contribution in [2.45, 2.75) is 71.8 Å². The topological polar surface area (TPSA) is 80.1 Å². The average Bonchev–Trinajstić information content (AvgIpc) is 3.76. The monoisotopic (exact) mass is 695 g/mol. The molecule has 11 heteroatoms. The van der Waals surface area contributed by atoms with Gasteiger partial charge in [0.05, 0.1) is 12.7 Å². The number of fused-ring (bicyclic) bond motifs is 2. The van der Waals surface area contributed by atoms with Crippen molar-refractivity contribution in [2.24, 2.45) is 7.05 Å². The lowest BCUT2D eigenvalue weighted by atomic mass is 9.91. The fraction of sp³-hybridized carbons (Fsp3) is 0.375. The van der Waals surface area contributed by atoms with E-state index >= 15 is 0 Å². The number of halogens is 2. The third kappa shape index (κ3) is 7.34. The Balaban J connectivity index is 1.22. The van der Waals surface area contributed by atoms with Gasteiger partial charge in [-0.3, -0.25) is 9.58 Å². The third-order valence-corrected chi connectivity index (χ3v) is 9.64. The van der Waals surface area contributed by atoms with Gasteiger partial charge in [0.15, 0.2) is 0 Å². The highest BCUT2D eigenvalue weighted by Crippen LogP contribution is 2.45. The van der Waals surface area contributed by atoms with E-state index in [2.05, 4.69) is 28.2 Å². The molecule has 0 radical (unpaired) electrons. The number of anilines is 2. The molecule has 51 heavy (non-hydrogen) atoms. The SMILES string of the molecule is Cn1cc(-c2cc3c(cc2C(F)F)N(c2cc(C4=CCN(C(=O)OCc5ccccc5)CC4)cc4c2CN(C(=O)OC(C)(C)C)C4)CCC3)cn1. The van der Waals surface area contributed by atoms with Crippen molar-refractivity contribution in [2.75, 3.05) is 24.5 Å². The van der Waals surface area contributed by atoms with E-state index in [0.717, 1.165) is 57.6 Å². The number of benzene rings is 3. The Labute approximate surface area is 297 Å². The van der Waals surface area contributed by atoms with Crippen LogP contribution in [0.5, 0.6) is 0 Å². The van der Waals surface area contributed by atoms with E-state index in [4.69, 9.17) is 9.47 Å². The van der Waals surface area contributed by atoms with Gasteiger partial charge in [0.1, 0.15) is 12.2 Å². The first kappa shape index (κ1) is 34.3. The summed E-state index contributed by atoms with van der Waals surface area (Å²) < 4.78 is 42.3. The van der Waals surface area contributed by atoms with Gasteiger partial charge in [-0.2, -0.15) is 5.10 Å². The van der Waals surface area contributed by atoms with Crippen LogP contribution in [-0.2, 0) is 42.6 Å². The molecule has 0 bridgehead atoms. The van der Waals surface area contributed by atoms with Crippen LogP contribution in [0.3, 0.4) is 0 Å². The first-order valence-corrected chi connectivity index (χ1v) is 17.4. The number of alkyl halides is 2. The number of carbonyl (C=O) groups is 2. The Kier molecular flexibility index (Phi) is 9.30. The molecule has 0 fully saturated rings. The summed E-state index contributed by atoms with van der Waals surface area (Å²) >= 11 is 0. The molecule has 3 aliphatic heterocycles. The van der Waals surface area contributed by atoms with Crippen LogP contribution in [0.1, 0.15) is 73.4 Å². The van der Waals surface area contributed by atoms with E-state index in [1.54, 1.807) is 40.0 Å². The average molecular weight is 696 g/mol. The van der Waals surface area contributed by atoms with Crippen molar-refractivity contribution < 1.29 is 27.8 Å². The number of hydrogen-bond donors (Lipinski definition) is 0. The summed E-state index contributed by atoms with van der Waals surface area (Å²) in [5, 5.41) is 4.23. The molecule has 9 nitrogen and oxygen atoms in total. The summed E-state index contributed by atoms with van der Waals surface area (Å²) in [5.74, 6) is 0. The highest BCUT2D eigenvalue weighted by molar-refractivity contribution is 5.82. The lowest BCUT2D eigenvalue weighted by molar-refractivity contribution is 0.0242. The van der Waals surface area contributed by atoms with Crippen molar-refractivity contribution in [3.8, 4) is 11.1 Å². The quantitative estimate of drug-likeness (QED) is 0.201. The van der Waals surface area contributed by atoms with E-state index < -0.39 is 18.1 Å². The van der Waals surface area contributed by atoms with Crippen molar-refractivity contribution in [3.05, 3.63) is 106 Å². The van der Waals surface area contributed by atoms with E-state index in [-0.39, 0.29) is 18.3 Å². The second-order valence-electron chi connectivity index (χ2n) is 14.5. The summed E-state index contributed by atoms with van der Waals surface area (Å²) in [6, 6.07) is 17.4. The number of amides is 2. The lowest BCUT2D eigenvalue weighted by Crippen LogP contribution is -2.35. The standard InChI is InChI=1S/C40H43F2N5O4/c1-40(2,3)51-39(49)46-23-30-17-29(27-12-15-45(16-13-27)38(48)50-25-26-9-6-5-7-10-26)19-36(34(30)24-46)47-14-8-11-28-18-32(31-21-43-44(4)22-31)33(37(41)42)20-35(28)47/h5-7,9-10,12,17-22,37H,8,11,13-16,23-25H2,1-4H3. The van der Waals surface area contributed by atoms with E-state index in [1.807, 2.05) is 57.2 Å². The zero-order valence-electron chi connectivity index (χ0n) is 29.5. The van der Waals surface area contributed by atoms with E-state index in [9.17, 15) is 18.4 Å². The van der Waals surface area contributed by atoms with Gasteiger partial charge in [-0.05, 0) is 97.7 Å². The molecule has 0 unspecified atom stereocenters. The minimum absolute atomic E-state index is 0.0361. The molecule has 2 amide bonds. The van der Waals surface area contributed by atoms with Crippen LogP contribution >= 0.6 is 0 Å². The fourth-order valence-corrected chi connectivity index (χ4v) is 7.17. The van der Waals surface area contributed by atoms with Gasteiger partial charge in [0.25, 0.3) is 6.43 Å². The number of aryl methyl sites for hydroxylation is 2. The molecule has 0 spiro atoms. The Hall–Kier alpha value is -5.19. The van der Waals surface area contributed by atoms with Crippen LogP contribution in [-0.4, -0.2) is 57.0 Å². The van der Waals surface area contributed by atoms with Crippen LogP contribution in [0, 0.1) is 0 Å². The molecule has 0 saturated heterocycles. The second kappa shape index (κ2) is 13.8. The fourth-order valence-electron chi connectivity index (χ4n) is 7.17. The largest absolute Gasteiger partial charge is 0.445 e. The summed E-state index contributed by atoms with van der Waals surface area (Å²) in [4.78, 5) is 31.7. The Bertz CT molecular complexity index is 1980. The molecular formula is C40H43F2N5O4. The molecule has 7 rings (SSSR count). The molecule has 0 saturated carbocycles. The van der Waals surface area contributed by atoms with Crippen molar-refractivity contribution in [3.63, 3.8) is 0 Å². The predicted octanol–water partition coefficient (Wildman–Crippen LogP) is 8.79. The number of hydrogen-bond acceptors (Lipinski definition) is 6. The summed E-state index contributed by atoms with van der Waals surface area (Å²) in [5.41, 5.74) is 8.08. The van der Waals surface area contributed by atoms with Gasteiger partial charge in [-0.15, -0.1) is 0 Å². The molecule has 3 aromatic carbocycles. The number of rotatable bonds is 6. The van der Waals surface area contributed by atoms with Crippen LogP contribution in [0.4, 0.5) is 29.7 Å². The molecule has 4 heterocycles. The number of carbonyl (C=O) groups excluding carboxylic acids is 2. The molecule has 3 aliphatic rings. The molecule has 0 atom stereocenters. The first-order chi connectivity index (χ1) is 24.4. The van der Waals surface area contributed by atoms with E-state index in [1.165, 1.54) is 0 Å². The maximum absolute atomic E-state index is 14.7. The molecule has 266 valence electrons. The summed E-state index contributed by atoms with van der Waals surface area (Å²) in [7, 11) is 1.77. The highest BCUT2D eigenvalue weighted by atomic mass is 19.3. The third-order valence-electron chi connectivity index (χ3n) is 9.64. The maximum atomic E-state index is 14.7. The predicted molar refractivity (Wildman–Crippen MR) is 192 cm³/mol. The zero-order chi connectivity index (χ0) is 35.9. The Morgan fingerprint density at radius 2 is 1.71 bits per heavy atom. The van der Waals surface area contributed by atoms with Crippen molar-refractivity contribution in [1.82, 2.24) is 19.6 Å². The van der Waals surface area contributed by atoms with Gasteiger partial charge in [0, 0.05) is 67.5 Å². The van der Waals surface area contributed by atoms with Crippen molar-refractivity contribution >= 4 is 29.1 Å². The second-order valence-corrected chi connectivity index (χ2v) is 14.5. The van der Waals surface area contributed by atoms with Gasteiger partial charge < -0.3 is 19.3 Å². The van der Waals surface area contributed by atoms with Crippen LogP contribution in [0.15, 0.2) is 73.1 Å². The molecule has 0 aliphatic carbocycles. The molecular weight excluding hydrogens is 652 g/mol. The molecule has 0 N–H and O–H groups in total. The van der Waals surface area contributed by atoms with Crippen molar-refractivity contribution in [1.29, 1.82) is 0 Å². The Morgan fingerprint density at radius 1 is 0.902 bits per heavy atom. The normalized spacial score (nSPS) is 15.8. The molecule has 4 aromatic rings. The first-order valence-electron chi connectivity index (χ1n) is 17.4.